The average Bonchev–Trinajstić information content (AvgIpc) is 1.84. The van der Waals surface area contributed by atoms with Crippen LogP contribution in [0, 0.1) is 0 Å². The molecular formula is C9H20O2S. The number of ether oxygens (including phenoxy) is 1. The summed E-state index contributed by atoms with van der Waals surface area (Å²) in [5.74, 6) is 0.693. The third kappa shape index (κ3) is 6.95. The molecule has 0 heterocycles. The molecule has 0 bridgehead atoms. The summed E-state index contributed by atoms with van der Waals surface area (Å²) in [5, 5.41) is 9.39. The lowest BCUT2D eigenvalue weighted by Crippen LogP contribution is -2.30. The molecule has 0 aliphatic rings. The number of thiol groups is 1. The molecule has 0 atom stereocenters. The van der Waals surface area contributed by atoms with Crippen LogP contribution in [-0.4, -0.2) is 28.7 Å². The Morgan fingerprint density at radius 2 is 1.75 bits per heavy atom. The highest BCUT2D eigenvalue weighted by molar-refractivity contribution is 7.80. The van der Waals surface area contributed by atoms with Gasteiger partial charge in [0, 0.05) is 5.75 Å². The van der Waals surface area contributed by atoms with Gasteiger partial charge < -0.3 is 9.84 Å². The molecule has 74 valence electrons. The van der Waals surface area contributed by atoms with Crippen molar-refractivity contribution in [3.8, 4) is 0 Å². The monoisotopic (exact) mass is 192 g/mol. The molecule has 3 heteroatoms. The van der Waals surface area contributed by atoms with Gasteiger partial charge in [-0.15, -0.1) is 0 Å². The standard InChI is InChI=1S/C9H20O2S/c1-8(2,10)5-6-11-9(3,4)7-12/h10,12H,5-7H2,1-4H3. The van der Waals surface area contributed by atoms with Gasteiger partial charge >= 0.3 is 0 Å². The summed E-state index contributed by atoms with van der Waals surface area (Å²) in [6.45, 7) is 8.12. The maximum Gasteiger partial charge on any atom is 0.0714 e. The highest BCUT2D eigenvalue weighted by Gasteiger charge is 2.18. The minimum atomic E-state index is -0.632. The third-order valence-corrected chi connectivity index (χ3v) is 2.35. The van der Waals surface area contributed by atoms with E-state index in [1.807, 2.05) is 13.8 Å². The average molecular weight is 192 g/mol. The van der Waals surface area contributed by atoms with Crippen molar-refractivity contribution in [1.29, 1.82) is 0 Å². The van der Waals surface area contributed by atoms with Crippen LogP contribution in [0.1, 0.15) is 34.1 Å². The number of hydrogen-bond acceptors (Lipinski definition) is 3. The van der Waals surface area contributed by atoms with Crippen molar-refractivity contribution in [1.82, 2.24) is 0 Å². The van der Waals surface area contributed by atoms with Crippen LogP contribution in [0.25, 0.3) is 0 Å². The summed E-state index contributed by atoms with van der Waals surface area (Å²) in [7, 11) is 0. The molecule has 0 spiro atoms. The van der Waals surface area contributed by atoms with Crippen LogP contribution in [0.2, 0.25) is 0 Å². The molecule has 0 aliphatic heterocycles. The zero-order valence-corrected chi connectivity index (χ0v) is 9.32. The van der Waals surface area contributed by atoms with E-state index in [-0.39, 0.29) is 5.60 Å². The Morgan fingerprint density at radius 1 is 1.25 bits per heavy atom. The Morgan fingerprint density at radius 3 is 2.08 bits per heavy atom. The van der Waals surface area contributed by atoms with E-state index in [2.05, 4.69) is 12.6 Å². The molecule has 0 saturated heterocycles. The van der Waals surface area contributed by atoms with Gasteiger partial charge in [0.1, 0.15) is 0 Å². The lowest BCUT2D eigenvalue weighted by atomic mass is 10.1. The molecule has 12 heavy (non-hydrogen) atoms. The molecule has 0 aliphatic carbocycles. The van der Waals surface area contributed by atoms with Crippen LogP contribution in [-0.2, 0) is 4.74 Å². The summed E-state index contributed by atoms with van der Waals surface area (Å²) >= 11 is 4.16. The molecule has 0 fully saturated rings. The number of hydrogen-bond donors (Lipinski definition) is 2. The van der Waals surface area contributed by atoms with E-state index in [0.29, 0.717) is 18.8 Å². The Kier molecular flexibility index (Phi) is 4.59. The van der Waals surface area contributed by atoms with Gasteiger partial charge in [0.25, 0.3) is 0 Å². The van der Waals surface area contributed by atoms with Gasteiger partial charge in [-0.05, 0) is 34.1 Å². The van der Waals surface area contributed by atoms with Crippen LogP contribution in [0.3, 0.4) is 0 Å². The Bertz CT molecular complexity index is 127. The highest BCUT2D eigenvalue weighted by atomic mass is 32.1. The van der Waals surface area contributed by atoms with Crippen LogP contribution >= 0.6 is 12.6 Å². The predicted octanol–water partition coefficient (Wildman–Crippen LogP) is 1.87. The van der Waals surface area contributed by atoms with E-state index in [1.54, 1.807) is 13.8 Å². The Labute approximate surface area is 80.7 Å². The van der Waals surface area contributed by atoms with E-state index in [4.69, 9.17) is 4.74 Å². The van der Waals surface area contributed by atoms with Crippen molar-refractivity contribution in [2.24, 2.45) is 0 Å². The van der Waals surface area contributed by atoms with Gasteiger partial charge in [-0.1, -0.05) is 0 Å². The summed E-state index contributed by atoms with van der Waals surface area (Å²) in [6.07, 6.45) is 0.657. The molecule has 0 saturated carbocycles. The van der Waals surface area contributed by atoms with E-state index in [0.717, 1.165) is 0 Å². The molecule has 0 unspecified atom stereocenters. The first-order chi connectivity index (χ1) is 5.27. The topological polar surface area (TPSA) is 29.5 Å². The van der Waals surface area contributed by atoms with Crippen molar-refractivity contribution in [3.63, 3.8) is 0 Å². The van der Waals surface area contributed by atoms with Crippen molar-refractivity contribution in [3.05, 3.63) is 0 Å². The second-order valence-electron chi connectivity index (χ2n) is 4.33. The fourth-order valence-corrected chi connectivity index (χ4v) is 0.714. The molecule has 2 nitrogen and oxygen atoms in total. The van der Waals surface area contributed by atoms with Crippen LogP contribution in [0.15, 0.2) is 0 Å². The van der Waals surface area contributed by atoms with Gasteiger partial charge in [0.2, 0.25) is 0 Å². The third-order valence-electron chi connectivity index (χ3n) is 1.59. The largest absolute Gasteiger partial charge is 0.390 e. The summed E-state index contributed by atoms with van der Waals surface area (Å²) in [6, 6.07) is 0. The minimum Gasteiger partial charge on any atom is -0.390 e. The van der Waals surface area contributed by atoms with Gasteiger partial charge in [-0.25, -0.2) is 0 Å². The van der Waals surface area contributed by atoms with Crippen molar-refractivity contribution >= 4 is 12.6 Å². The number of aliphatic hydroxyl groups is 1. The quantitative estimate of drug-likeness (QED) is 0.651. The molecular weight excluding hydrogens is 172 g/mol. The Hall–Kier alpha value is 0.270. The van der Waals surface area contributed by atoms with E-state index >= 15 is 0 Å². The van der Waals surface area contributed by atoms with Gasteiger partial charge in [-0.2, -0.15) is 12.6 Å². The first-order valence-corrected chi connectivity index (χ1v) is 4.87. The van der Waals surface area contributed by atoms with Crippen LogP contribution < -0.4 is 0 Å². The fraction of sp³-hybridized carbons (Fsp3) is 1.00. The number of rotatable bonds is 5. The predicted molar refractivity (Wildman–Crippen MR) is 54.8 cm³/mol. The summed E-state index contributed by atoms with van der Waals surface area (Å²) in [5.41, 5.74) is -0.818. The van der Waals surface area contributed by atoms with Gasteiger partial charge in [-0.3, -0.25) is 0 Å². The second-order valence-corrected chi connectivity index (χ2v) is 4.64. The van der Waals surface area contributed by atoms with Gasteiger partial charge in [0.05, 0.1) is 17.8 Å². The van der Waals surface area contributed by atoms with E-state index < -0.39 is 5.60 Å². The van der Waals surface area contributed by atoms with Crippen LogP contribution in [0.5, 0.6) is 0 Å². The summed E-state index contributed by atoms with van der Waals surface area (Å²) in [4.78, 5) is 0. The minimum absolute atomic E-state index is 0.186. The zero-order chi connectivity index (χ0) is 9.83. The SMILES string of the molecule is CC(C)(O)CCOC(C)(C)CS. The van der Waals surface area contributed by atoms with Crippen molar-refractivity contribution < 1.29 is 9.84 Å². The van der Waals surface area contributed by atoms with Crippen molar-refractivity contribution in [2.75, 3.05) is 12.4 Å². The van der Waals surface area contributed by atoms with Crippen molar-refractivity contribution in [2.45, 2.75) is 45.3 Å². The molecule has 0 amide bonds. The van der Waals surface area contributed by atoms with E-state index in [1.165, 1.54) is 0 Å². The lowest BCUT2D eigenvalue weighted by molar-refractivity contribution is -0.0328. The maximum atomic E-state index is 9.39. The first kappa shape index (κ1) is 12.3. The normalized spacial score (nSPS) is 13.5. The summed E-state index contributed by atoms with van der Waals surface area (Å²) < 4.78 is 5.52. The smallest absolute Gasteiger partial charge is 0.0714 e. The second kappa shape index (κ2) is 4.49. The maximum absolute atomic E-state index is 9.39. The molecule has 0 radical (unpaired) electrons. The lowest BCUT2D eigenvalue weighted by Gasteiger charge is -2.25. The first-order valence-electron chi connectivity index (χ1n) is 4.24. The van der Waals surface area contributed by atoms with E-state index in [9.17, 15) is 5.11 Å². The Balaban J connectivity index is 3.57. The molecule has 0 aromatic heterocycles. The molecule has 0 aromatic carbocycles. The molecule has 0 aromatic rings. The highest BCUT2D eigenvalue weighted by Crippen LogP contribution is 2.14. The molecule has 1 N–H and O–H groups in total. The van der Waals surface area contributed by atoms with Gasteiger partial charge in [0.15, 0.2) is 0 Å². The molecule has 0 rings (SSSR count). The fourth-order valence-electron chi connectivity index (χ4n) is 0.623. The zero-order valence-electron chi connectivity index (χ0n) is 8.42. The van der Waals surface area contributed by atoms with Crippen LogP contribution in [0.4, 0.5) is 0 Å².